The van der Waals surface area contributed by atoms with Gasteiger partial charge in [-0.3, -0.25) is 10.1 Å². The van der Waals surface area contributed by atoms with E-state index in [1.807, 2.05) is 0 Å². The van der Waals surface area contributed by atoms with Crippen molar-refractivity contribution in [3.63, 3.8) is 0 Å². The Labute approximate surface area is 175 Å². The molecule has 0 aromatic rings. The molecule has 5 nitrogen and oxygen atoms in total. The fourth-order valence-corrected chi connectivity index (χ4v) is 11.3. The predicted molar refractivity (Wildman–Crippen MR) is 113 cm³/mol. The maximum Gasteiger partial charge on any atom is 0.226 e. The molecule has 0 heterocycles. The van der Waals surface area contributed by atoms with Crippen molar-refractivity contribution < 1.29 is 10.0 Å². The first-order chi connectivity index (χ1) is 13.1. The molecule has 8 fully saturated rings. The van der Waals surface area contributed by atoms with Crippen LogP contribution in [0.25, 0.3) is 0 Å². The Bertz CT molecular complexity index is 659. The fourth-order valence-electron chi connectivity index (χ4n) is 11.3. The minimum absolute atomic E-state index is 0.0225. The van der Waals surface area contributed by atoms with Gasteiger partial charge in [0.2, 0.25) is 5.54 Å². The summed E-state index contributed by atoms with van der Waals surface area (Å²) in [5.41, 5.74) is 6.26. The topological polar surface area (TPSA) is 89.4 Å². The number of nitrogens with zero attached hydrogens (tertiary/aromatic N) is 1. The van der Waals surface area contributed by atoms with Crippen LogP contribution in [0.4, 0.5) is 0 Å². The van der Waals surface area contributed by atoms with Gasteiger partial charge in [0.05, 0.1) is 5.60 Å². The minimum Gasteiger partial charge on any atom is -0.390 e. The lowest BCUT2D eigenvalue weighted by molar-refractivity contribution is -0.599. The van der Waals surface area contributed by atoms with Gasteiger partial charge in [0, 0.05) is 29.7 Å². The fraction of sp³-hybridized carbons (Fsp3) is 1.00. The quantitative estimate of drug-likeness (QED) is 0.484. The van der Waals surface area contributed by atoms with E-state index < -0.39 is 11.1 Å². The molecule has 0 aromatic carbocycles. The summed E-state index contributed by atoms with van der Waals surface area (Å²) >= 11 is 0. The van der Waals surface area contributed by atoms with Gasteiger partial charge in [0.25, 0.3) is 0 Å². The molecule has 29 heavy (non-hydrogen) atoms. The number of hydrogen-bond acceptors (Lipinski definition) is 4. The summed E-state index contributed by atoms with van der Waals surface area (Å²) < 4.78 is 0. The second kappa shape index (κ2) is 5.38. The van der Waals surface area contributed by atoms with Gasteiger partial charge in [-0.15, -0.1) is 0 Å². The molecule has 4 unspecified atom stereocenters. The lowest BCUT2D eigenvalue weighted by Crippen LogP contribution is -2.67. The largest absolute Gasteiger partial charge is 0.390 e. The summed E-state index contributed by atoms with van der Waals surface area (Å²) in [7, 11) is 0. The van der Waals surface area contributed by atoms with Crippen LogP contribution in [0.2, 0.25) is 0 Å². The van der Waals surface area contributed by atoms with E-state index in [1.165, 1.54) is 38.5 Å². The zero-order chi connectivity index (χ0) is 21.1. The van der Waals surface area contributed by atoms with Crippen LogP contribution in [-0.2, 0) is 0 Å². The highest BCUT2D eigenvalue weighted by molar-refractivity contribution is 5.17. The van der Waals surface area contributed by atoms with E-state index in [0.29, 0.717) is 30.1 Å². The molecule has 4 atom stereocenters. The van der Waals surface area contributed by atoms with Crippen LogP contribution in [0.15, 0.2) is 0 Å². The number of rotatable bonds is 1. The zero-order valence-corrected chi connectivity index (χ0v) is 18.9. The Morgan fingerprint density at radius 1 is 0.759 bits per heavy atom. The third kappa shape index (κ3) is 3.17. The third-order valence-electron chi connectivity index (χ3n) is 9.59. The van der Waals surface area contributed by atoms with Crippen molar-refractivity contribution in [1.29, 1.82) is 0 Å². The molecule has 8 saturated carbocycles. The molecule has 0 amide bonds. The van der Waals surface area contributed by atoms with Gasteiger partial charge >= 0.3 is 0 Å². The summed E-state index contributed by atoms with van der Waals surface area (Å²) in [6, 6.07) is 0. The molecular formula is C24H40N2O3. The highest BCUT2D eigenvalue weighted by Gasteiger charge is 2.70. The Morgan fingerprint density at radius 2 is 1.24 bits per heavy atom. The molecule has 0 spiro atoms. The monoisotopic (exact) mass is 404 g/mol. The summed E-state index contributed by atoms with van der Waals surface area (Å²) in [5.74, 6) is 0.955. The number of aliphatic hydroxyl groups is 1. The average Bonchev–Trinajstić information content (AvgIpc) is 2.36. The molecule has 164 valence electrons. The lowest BCUT2D eigenvalue weighted by atomic mass is 9.41. The smallest absolute Gasteiger partial charge is 0.226 e. The minimum atomic E-state index is -0.840. The highest BCUT2D eigenvalue weighted by Crippen LogP contribution is 2.68. The van der Waals surface area contributed by atoms with Crippen LogP contribution >= 0.6 is 0 Å². The normalized spacial score (nSPS) is 61.4. The van der Waals surface area contributed by atoms with Crippen LogP contribution in [0.1, 0.15) is 105 Å². The molecule has 0 saturated heterocycles. The van der Waals surface area contributed by atoms with E-state index in [9.17, 15) is 15.2 Å². The Hall–Kier alpha value is -0.680. The first-order valence-corrected chi connectivity index (χ1v) is 11.8. The molecule has 5 heteroatoms. The van der Waals surface area contributed by atoms with E-state index in [2.05, 4.69) is 27.7 Å². The van der Waals surface area contributed by atoms with Crippen molar-refractivity contribution in [3.05, 3.63) is 10.1 Å². The van der Waals surface area contributed by atoms with Crippen molar-refractivity contribution in [2.45, 2.75) is 121 Å². The molecule has 8 aliphatic rings. The average molecular weight is 405 g/mol. The maximum absolute atomic E-state index is 11.4. The summed E-state index contributed by atoms with van der Waals surface area (Å²) in [5, 5.41) is 21.9. The van der Waals surface area contributed by atoms with E-state index in [-0.39, 0.29) is 21.3 Å². The van der Waals surface area contributed by atoms with Crippen molar-refractivity contribution in [2.75, 3.05) is 0 Å². The molecule has 8 bridgehead atoms. The van der Waals surface area contributed by atoms with E-state index in [1.54, 1.807) is 0 Å². The first kappa shape index (κ1) is 20.2. The molecule has 3 N–H and O–H groups in total. The molecule has 8 rings (SSSR count). The van der Waals surface area contributed by atoms with Gasteiger partial charge < -0.3 is 10.8 Å². The Balaban J connectivity index is 0.000000128. The molecule has 0 radical (unpaired) electrons. The first-order valence-electron chi connectivity index (χ1n) is 11.8. The van der Waals surface area contributed by atoms with E-state index in [4.69, 9.17) is 5.73 Å². The van der Waals surface area contributed by atoms with Gasteiger partial charge in [0.1, 0.15) is 0 Å². The van der Waals surface area contributed by atoms with Crippen molar-refractivity contribution in [3.8, 4) is 0 Å². The van der Waals surface area contributed by atoms with Crippen LogP contribution in [0.5, 0.6) is 0 Å². The van der Waals surface area contributed by atoms with Crippen molar-refractivity contribution in [2.24, 2.45) is 33.3 Å². The Morgan fingerprint density at radius 3 is 1.62 bits per heavy atom. The van der Waals surface area contributed by atoms with Gasteiger partial charge in [0.15, 0.2) is 0 Å². The number of nitro groups is 1. The van der Waals surface area contributed by atoms with Crippen LogP contribution in [0, 0.1) is 37.7 Å². The number of nitrogens with two attached hydrogens (primary N) is 1. The second-order valence-corrected chi connectivity index (χ2v) is 14.4. The molecule has 0 aliphatic heterocycles. The summed E-state index contributed by atoms with van der Waals surface area (Å²) in [6.07, 6.45) is 12.5. The maximum atomic E-state index is 11.4. The summed E-state index contributed by atoms with van der Waals surface area (Å²) in [6.45, 7) is 9.17. The molecule has 0 aromatic heterocycles. The highest BCUT2D eigenvalue weighted by atomic mass is 16.6. The van der Waals surface area contributed by atoms with Gasteiger partial charge in [-0.05, 0) is 85.4 Å². The van der Waals surface area contributed by atoms with Gasteiger partial charge in [-0.2, -0.15) is 0 Å². The van der Waals surface area contributed by atoms with Crippen molar-refractivity contribution >= 4 is 0 Å². The SMILES string of the molecule is CC12CC3(C)CC(O)(C1)CC([N+](=O)[O-])(C2)C3.CC12CC3CC(C)(C1)CC(N)(C3)C2. The zero-order valence-electron chi connectivity index (χ0n) is 18.9. The van der Waals surface area contributed by atoms with Crippen LogP contribution in [0.3, 0.4) is 0 Å². The Kier molecular flexibility index (Phi) is 3.75. The van der Waals surface area contributed by atoms with Gasteiger partial charge in [-0.1, -0.05) is 27.7 Å². The lowest BCUT2D eigenvalue weighted by Gasteiger charge is -2.64. The van der Waals surface area contributed by atoms with E-state index >= 15 is 0 Å². The van der Waals surface area contributed by atoms with Gasteiger partial charge in [-0.25, -0.2) is 0 Å². The molecular weight excluding hydrogens is 364 g/mol. The number of hydrogen-bond donors (Lipinski definition) is 2. The standard InChI is InChI=1S/C12H19NO3.C12H21N/c1-9-3-10(2)5-11(4-9,13(15)16)8-12(14,6-9)7-10;1-10-3-9-4-11(2,6-10)8-12(13,5-9)7-10/h14H,3-8H2,1-2H3;9H,3-8,13H2,1-2H3. The van der Waals surface area contributed by atoms with Crippen LogP contribution < -0.4 is 5.73 Å². The summed E-state index contributed by atoms with van der Waals surface area (Å²) in [4.78, 5) is 11.3. The van der Waals surface area contributed by atoms with Crippen LogP contribution in [-0.4, -0.2) is 26.7 Å². The third-order valence-corrected chi connectivity index (χ3v) is 9.59. The second-order valence-electron chi connectivity index (χ2n) is 14.4. The van der Waals surface area contributed by atoms with Crippen molar-refractivity contribution in [1.82, 2.24) is 0 Å². The molecule has 8 aliphatic carbocycles. The van der Waals surface area contributed by atoms with E-state index in [0.717, 1.165) is 25.2 Å². The predicted octanol–water partition coefficient (Wildman–Crippen LogP) is 4.82.